The fourth-order valence-electron chi connectivity index (χ4n) is 4.03. The molecule has 2 saturated heterocycles. The minimum absolute atomic E-state index is 0.0281. The average molecular weight is 340 g/mol. The largest absolute Gasteiger partial charge is 0.359 e. The summed E-state index contributed by atoms with van der Waals surface area (Å²) in [5.74, 6) is 2.06. The Hall–Kier alpha value is -2.37. The number of aryl methyl sites for hydroxylation is 1. The normalized spacial score (nSPS) is 23.9. The van der Waals surface area contributed by atoms with Crippen LogP contribution in [0.5, 0.6) is 0 Å². The number of carbonyl (C=O) groups is 1. The summed E-state index contributed by atoms with van der Waals surface area (Å²) in [6, 6.07) is 7.93. The molecule has 0 aromatic carbocycles. The molecule has 0 saturated carbocycles. The average Bonchev–Trinajstić information content (AvgIpc) is 3.30. The lowest BCUT2D eigenvalue weighted by atomic mass is 9.96. The van der Waals surface area contributed by atoms with Crippen molar-refractivity contribution in [3.05, 3.63) is 41.9 Å². The molecule has 4 rings (SSSR count). The van der Waals surface area contributed by atoms with E-state index in [-0.39, 0.29) is 17.9 Å². The van der Waals surface area contributed by atoms with Crippen molar-refractivity contribution in [2.45, 2.75) is 38.6 Å². The van der Waals surface area contributed by atoms with Gasteiger partial charge in [-0.05, 0) is 44.7 Å². The Kier molecular flexibility index (Phi) is 4.42. The predicted molar refractivity (Wildman–Crippen MR) is 94.1 cm³/mol. The zero-order valence-corrected chi connectivity index (χ0v) is 14.6. The van der Waals surface area contributed by atoms with E-state index in [1.54, 1.807) is 0 Å². The van der Waals surface area contributed by atoms with E-state index in [1.165, 1.54) is 0 Å². The number of likely N-dealkylation sites (tertiary alicyclic amines) is 1. The maximum absolute atomic E-state index is 13.2. The zero-order chi connectivity index (χ0) is 17.2. The molecule has 6 heteroatoms. The number of anilines is 1. The van der Waals surface area contributed by atoms with Crippen molar-refractivity contribution in [3.63, 3.8) is 0 Å². The fourth-order valence-corrected chi connectivity index (χ4v) is 4.03. The molecule has 0 N–H and O–H groups in total. The van der Waals surface area contributed by atoms with Crippen LogP contribution in [0.2, 0.25) is 0 Å². The van der Waals surface area contributed by atoms with Gasteiger partial charge in [-0.25, -0.2) is 4.98 Å². The summed E-state index contributed by atoms with van der Waals surface area (Å²) in [4.78, 5) is 21.9. The highest BCUT2D eigenvalue weighted by molar-refractivity contribution is 5.80. The smallest absolute Gasteiger partial charge is 0.228 e. The number of aromatic nitrogens is 2. The Labute approximate surface area is 147 Å². The van der Waals surface area contributed by atoms with Crippen LogP contribution in [0, 0.1) is 12.8 Å². The molecule has 1 amide bonds. The third kappa shape index (κ3) is 3.25. The van der Waals surface area contributed by atoms with Gasteiger partial charge in [0.15, 0.2) is 5.76 Å². The lowest BCUT2D eigenvalue weighted by molar-refractivity contribution is -0.137. The Balaban J connectivity index is 1.48. The van der Waals surface area contributed by atoms with Crippen LogP contribution < -0.4 is 4.90 Å². The Morgan fingerprint density at radius 2 is 2.12 bits per heavy atom. The van der Waals surface area contributed by atoms with Crippen molar-refractivity contribution in [1.82, 2.24) is 15.0 Å². The van der Waals surface area contributed by atoms with Gasteiger partial charge in [0.05, 0.1) is 17.7 Å². The van der Waals surface area contributed by atoms with Gasteiger partial charge in [0.1, 0.15) is 5.82 Å². The minimum atomic E-state index is 0.0281. The molecule has 132 valence electrons. The highest BCUT2D eigenvalue weighted by Gasteiger charge is 2.37. The summed E-state index contributed by atoms with van der Waals surface area (Å²) in [5.41, 5.74) is 0.869. The molecular weight excluding hydrogens is 316 g/mol. The second kappa shape index (κ2) is 6.86. The first-order valence-corrected chi connectivity index (χ1v) is 9.12. The molecule has 2 atom stereocenters. The topological polar surface area (TPSA) is 62.5 Å². The predicted octanol–water partition coefficient (Wildman–Crippen LogP) is 2.96. The third-order valence-corrected chi connectivity index (χ3v) is 5.25. The van der Waals surface area contributed by atoms with E-state index in [0.29, 0.717) is 0 Å². The number of pyridine rings is 1. The number of amides is 1. The number of carbonyl (C=O) groups excluding carboxylic acids is 1. The molecule has 0 aliphatic carbocycles. The van der Waals surface area contributed by atoms with Gasteiger partial charge in [-0.1, -0.05) is 11.2 Å². The van der Waals surface area contributed by atoms with Crippen molar-refractivity contribution in [1.29, 1.82) is 0 Å². The molecular formula is C19H24N4O2. The monoisotopic (exact) mass is 340 g/mol. The molecule has 2 aliphatic heterocycles. The molecule has 2 aromatic heterocycles. The number of nitrogens with zero attached hydrogens (tertiary/aromatic N) is 4. The molecule has 4 heterocycles. The first kappa shape index (κ1) is 16.1. The van der Waals surface area contributed by atoms with Crippen LogP contribution in [-0.4, -0.2) is 40.6 Å². The van der Waals surface area contributed by atoms with Crippen LogP contribution in [0.15, 0.2) is 35.0 Å². The van der Waals surface area contributed by atoms with E-state index >= 15 is 0 Å². The van der Waals surface area contributed by atoms with Gasteiger partial charge in [-0.15, -0.1) is 0 Å². The van der Waals surface area contributed by atoms with E-state index in [2.05, 4.69) is 15.0 Å². The van der Waals surface area contributed by atoms with Crippen molar-refractivity contribution < 1.29 is 9.32 Å². The van der Waals surface area contributed by atoms with Crippen molar-refractivity contribution in [3.8, 4) is 0 Å². The SMILES string of the molecule is Cc1cc(C2CCCN2C(=O)C2CCCN(c3ccccn3)C2)on1. The van der Waals surface area contributed by atoms with Gasteiger partial charge < -0.3 is 14.3 Å². The van der Waals surface area contributed by atoms with Gasteiger partial charge in [-0.3, -0.25) is 4.79 Å². The molecule has 2 fully saturated rings. The lowest BCUT2D eigenvalue weighted by Crippen LogP contribution is -2.45. The van der Waals surface area contributed by atoms with Crippen molar-refractivity contribution in [2.75, 3.05) is 24.5 Å². The molecule has 0 radical (unpaired) electrons. The zero-order valence-electron chi connectivity index (χ0n) is 14.6. The van der Waals surface area contributed by atoms with Gasteiger partial charge in [0, 0.05) is 31.9 Å². The quantitative estimate of drug-likeness (QED) is 0.859. The number of hydrogen-bond donors (Lipinski definition) is 0. The minimum Gasteiger partial charge on any atom is -0.359 e. The van der Waals surface area contributed by atoms with E-state index < -0.39 is 0 Å². The Morgan fingerprint density at radius 3 is 2.88 bits per heavy atom. The summed E-state index contributed by atoms with van der Waals surface area (Å²) in [5, 5.41) is 3.99. The molecule has 6 nitrogen and oxygen atoms in total. The molecule has 2 aromatic rings. The van der Waals surface area contributed by atoms with Gasteiger partial charge in [0.2, 0.25) is 5.91 Å². The summed E-state index contributed by atoms with van der Waals surface area (Å²) in [6.07, 6.45) is 5.75. The van der Waals surface area contributed by atoms with E-state index in [1.807, 2.05) is 42.3 Å². The number of piperidine rings is 1. The molecule has 0 bridgehead atoms. The molecule has 2 unspecified atom stereocenters. The van der Waals surface area contributed by atoms with Gasteiger partial charge >= 0.3 is 0 Å². The number of rotatable bonds is 3. The number of hydrogen-bond acceptors (Lipinski definition) is 5. The summed E-state index contributed by atoms with van der Waals surface area (Å²) in [7, 11) is 0. The first-order valence-electron chi connectivity index (χ1n) is 9.12. The third-order valence-electron chi connectivity index (χ3n) is 5.25. The molecule has 2 aliphatic rings. The van der Waals surface area contributed by atoms with Crippen LogP contribution in [0.4, 0.5) is 5.82 Å². The summed E-state index contributed by atoms with van der Waals surface area (Å²) < 4.78 is 5.44. The van der Waals surface area contributed by atoms with Gasteiger partial charge in [0.25, 0.3) is 0 Å². The van der Waals surface area contributed by atoms with E-state index in [0.717, 1.165) is 62.6 Å². The van der Waals surface area contributed by atoms with Crippen LogP contribution >= 0.6 is 0 Å². The lowest BCUT2D eigenvalue weighted by Gasteiger charge is -2.35. The highest BCUT2D eigenvalue weighted by atomic mass is 16.5. The fraction of sp³-hybridized carbons (Fsp3) is 0.526. The maximum Gasteiger partial charge on any atom is 0.228 e. The van der Waals surface area contributed by atoms with E-state index in [9.17, 15) is 4.79 Å². The second-order valence-corrected chi connectivity index (χ2v) is 7.03. The molecule has 0 spiro atoms. The summed E-state index contributed by atoms with van der Waals surface area (Å²) in [6.45, 7) is 4.43. The second-order valence-electron chi connectivity index (χ2n) is 7.03. The van der Waals surface area contributed by atoms with Crippen LogP contribution in [-0.2, 0) is 4.79 Å². The maximum atomic E-state index is 13.2. The standard InChI is InChI=1S/C19H24N4O2/c1-14-12-17(25-21-14)16-7-5-11-23(16)19(24)15-6-4-10-22(13-15)18-8-2-3-9-20-18/h2-3,8-9,12,15-16H,4-7,10-11,13H2,1H3. The summed E-state index contributed by atoms with van der Waals surface area (Å²) >= 11 is 0. The van der Waals surface area contributed by atoms with Crippen molar-refractivity contribution >= 4 is 11.7 Å². The van der Waals surface area contributed by atoms with Crippen LogP contribution in [0.3, 0.4) is 0 Å². The Morgan fingerprint density at radius 1 is 1.24 bits per heavy atom. The first-order chi connectivity index (χ1) is 12.2. The molecule has 25 heavy (non-hydrogen) atoms. The van der Waals surface area contributed by atoms with Gasteiger partial charge in [-0.2, -0.15) is 0 Å². The van der Waals surface area contributed by atoms with E-state index in [4.69, 9.17) is 4.52 Å². The van der Waals surface area contributed by atoms with Crippen LogP contribution in [0.25, 0.3) is 0 Å². The van der Waals surface area contributed by atoms with Crippen molar-refractivity contribution in [2.24, 2.45) is 5.92 Å². The highest BCUT2D eigenvalue weighted by Crippen LogP contribution is 2.35. The Bertz CT molecular complexity index is 730. The van der Waals surface area contributed by atoms with Crippen LogP contribution in [0.1, 0.15) is 43.2 Å².